The molecule has 0 aromatic carbocycles. The van der Waals surface area contributed by atoms with Crippen molar-refractivity contribution in [1.29, 1.82) is 0 Å². The normalized spacial score (nSPS) is 11.1. The van der Waals surface area contributed by atoms with Gasteiger partial charge in [-0.15, -0.1) is 0 Å². The van der Waals surface area contributed by atoms with Crippen molar-refractivity contribution in [2.45, 2.75) is 45.5 Å². The third-order valence-corrected chi connectivity index (χ3v) is 14.5. The third-order valence-electron chi connectivity index (χ3n) is 7.30. The molecule has 0 atom stereocenters. The van der Waals surface area contributed by atoms with E-state index >= 15 is 0 Å². The van der Waals surface area contributed by atoms with E-state index in [2.05, 4.69) is 95.3 Å². The number of carbonyl (C=O) groups is 3. The van der Waals surface area contributed by atoms with Crippen molar-refractivity contribution in [1.82, 2.24) is 30.1 Å². The molecule has 5 rings (SSSR count). The average Bonchev–Trinajstić information content (AvgIpc) is 3.67. The number of hydrogen-bond donors (Lipinski definition) is 0. The summed E-state index contributed by atoms with van der Waals surface area (Å²) < 4.78 is 54.8. The SMILES string of the molecule is C[Si](C)(C)N(c1ccnc(-c2cc(C(F)(F)F)n[n-]2)c1)[Si](C)(C)C.O=CO/C=C/c1ccnc(-c2cc(OC=O)cc(-c3cc(/C=C/OC=O)ccn3)n2)c1.[N-]=C=S.[Ru+2]. The van der Waals surface area contributed by atoms with E-state index in [9.17, 15) is 27.6 Å². The van der Waals surface area contributed by atoms with Crippen molar-refractivity contribution in [3.05, 3.63) is 108 Å². The number of isothiocyanates is 1. The molecular weight excluding hydrogens is 911 g/mol. The largest absolute Gasteiger partial charge is 2.00 e. The number of aromatic nitrogens is 6. The second-order valence-corrected chi connectivity index (χ2v) is 23.8. The van der Waals surface area contributed by atoms with Crippen LogP contribution in [0.2, 0.25) is 39.3 Å². The Hall–Kier alpha value is -5.85. The molecule has 21 heteroatoms. The van der Waals surface area contributed by atoms with Crippen LogP contribution in [0.1, 0.15) is 16.8 Å². The Morgan fingerprint density at radius 1 is 0.729 bits per heavy atom. The minimum atomic E-state index is -4.49. The molecule has 59 heavy (non-hydrogen) atoms. The van der Waals surface area contributed by atoms with E-state index < -0.39 is 28.3 Å². The molecule has 0 N–H and O–H groups in total. The number of rotatable bonds is 14. The fourth-order valence-electron chi connectivity index (χ4n) is 5.61. The maximum atomic E-state index is 12.7. The fourth-order valence-corrected chi connectivity index (χ4v) is 15.5. The average molecular weight is 948 g/mol. The van der Waals surface area contributed by atoms with Gasteiger partial charge in [0.15, 0.2) is 0 Å². The molecule has 0 unspecified atom stereocenters. The monoisotopic (exact) mass is 948 g/mol. The van der Waals surface area contributed by atoms with Crippen LogP contribution in [0.5, 0.6) is 5.75 Å². The maximum absolute atomic E-state index is 12.7. The number of carbonyl (C=O) groups excluding carboxylic acids is 3. The number of thiocarbonyl (C=S) groups is 1. The van der Waals surface area contributed by atoms with Gasteiger partial charge in [-0.1, -0.05) is 57.2 Å². The van der Waals surface area contributed by atoms with Gasteiger partial charge in [-0.25, -0.2) is 4.98 Å². The van der Waals surface area contributed by atoms with Gasteiger partial charge in [0.1, 0.15) is 27.9 Å². The van der Waals surface area contributed by atoms with Gasteiger partial charge in [0, 0.05) is 36.4 Å². The molecule has 5 aromatic heterocycles. The topological polar surface area (TPSA) is 183 Å². The van der Waals surface area contributed by atoms with Crippen LogP contribution in [-0.4, -0.2) is 66.1 Å². The molecule has 0 aliphatic rings. The number of pyridine rings is 4. The van der Waals surface area contributed by atoms with Crippen LogP contribution in [0.25, 0.3) is 51.7 Å². The summed E-state index contributed by atoms with van der Waals surface area (Å²) in [4.78, 5) is 48.9. The standard InChI is InChI=1S/C22H15N3O6.C15H22F3N4Si2.CNS.Ru/c26-13-29-7-3-16-1-5-23-19(9-16)21-11-18(31-15-28)12-22(25-21)20-10-17(2-6-24-20)4-8-30-14-27;1-23(2,3)22(24(4,5)6)11-7-8-19-12(9-11)13-10-14(21-20-13)15(16,17)18;2-1-3;/h1-15H;7-10H,1-6H3;;/q;2*-1;+2/b7-3+,8-4+;;;. The summed E-state index contributed by atoms with van der Waals surface area (Å²) in [6.45, 7) is 14.5. The molecule has 0 spiro atoms. The van der Waals surface area contributed by atoms with Crippen LogP contribution in [0, 0.1) is 0 Å². The summed E-state index contributed by atoms with van der Waals surface area (Å²) in [5.74, 6) is 0.258. The minimum absolute atomic E-state index is 0. The number of halogens is 3. The van der Waals surface area contributed by atoms with E-state index in [1.54, 1.807) is 67.1 Å². The van der Waals surface area contributed by atoms with E-state index in [-0.39, 0.29) is 30.9 Å². The van der Waals surface area contributed by atoms with Crippen LogP contribution in [0.4, 0.5) is 18.9 Å². The number of ether oxygens (including phenoxy) is 3. The molecular formula is C38H37F3N8O6RuSSi2. The Morgan fingerprint density at radius 2 is 1.20 bits per heavy atom. The van der Waals surface area contributed by atoms with Gasteiger partial charge in [-0.3, -0.25) is 29.3 Å². The maximum Gasteiger partial charge on any atom is 2.00 e. The quantitative estimate of drug-likeness (QED) is 0.0341. The Kier molecular flexibility index (Phi) is 19.2. The van der Waals surface area contributed by atoms with Crippen LogP contribution in [0.15, 0.2) is 85.7 Å². The molecule has 308 valence electrons. The van der Waals surface area contributed by atoms with Gasteiger partial charge < -0.3 is 34.0 Å². The van der Waals surface area contributed by atoms with Crippen LogP contribution in [0.3, 0.4) is 0 Å². The van der Waals surface area contributed by atoms with Gasteiger partial charge in [0.25, 0.3) is 19.4 Å². The zero-order valence-electron chi connectivity index (χ0n) is 32.4. The Morgan fingerprint density at radius 3 is 1.63 bits per heavy atom. The van der Waals surface area contributed by atoms with Gasteiger partial charge in [0.05, 0.1) is 41.0 Å². The second kappa shape index (κ2) is 22.9. The minimum Gasteiger partial charge on any atom is -0.753 e. The van der Waals surface area contributed by atoms with Gasteiger partial charge in [-0.05, 0) is 65.7 Å². The molecule has 0 radical (unpaired) electrons. The van der Waals surface area contributed by atoms with E-state index in [1.165, 1.54) is 17.7 Å². The van der Waals surface area contributed by atoms with E-state index in [4.69, 9.17) is 10.1 Å². The van der Waals surface area contributed by atoms with E-state index in [1.807, 2.05) is 12.1 Å². The van der Waals surface area contributed by atoms with Crippen molar-refractivity contribution < 1.29 is 61.2 Å². The van der Waals surface area contributed by atoms with E-state index in [0.717, 1.165) is 22.9 Å². The molecule has 0 bridgehead atoms. The van der Waals surface area contributed by atoms with Gasteiger partial charge in [0.2, 0.25) is 0 Å². The third kappa shape index (κ3) is 15.4. The molecule has 0 fully saturated rings. The first-order valence-electron chi connectivity index (χ1n) is 16.9. The molecule has 5 heterocycles. The summed E-state index contributed by atoms with van der Waals surface area (Å²) in [5.41, 5.74) is 3.89. The first-order chi connectivity index (χ1) is 27.4. The summed E-state index contributed by atoms with van der Waals surface area (Å²) in [7, 11) is -3.32. The molecule has 0 saturated heterocycles. The Bertz CT molecular complexity index is 2180. The summed E-state index contributed by atoms with van der Waals surface area (Å²) >= 11 is 3.70. The smallest absolute Gasteiger partial charge is 0.753 e. The zero-order chi connectivity index (χ0) is 42.9. The Labute approximate surface area is 358 Å². The van der Waals surface area contributed by atoms with E-state index in [0.29, 0.717) is 47.9 Å². The predicted octanol–water partition coefficient (Wildman–Crippen LogP) is 8.28. The number of nitrogens with zero attached hydrogens (tertiary/aromatic N) is 8. The Balaban J connectivity index is 0.000000386. The van der Waals surface area contributed by atoms with Crippen molar-refractivity contribution in [3.63, 3.8) is 0 Å². The van der Waals surface area contributed by atoms with Crippen LogP contribution >= 0.6 is 12.2 Å². The molecule has 0 aliphatic heterocycles. The fraction of sp³-hybridized carbons (Fsp3) is 0.184. The second-order valence-electron chi connectivity index (χ2n) is 13.6. The molecule has 14 nitrogen and oxygen atoms in total. The summed E-state index contributed by atoms with van der Waals surface area (Å²) in [6.07, 6.45) is 5.94. The van der Waals surface area contributed by atoms with Crippen molar-refractivity contribution in [2.75, 3.05) is 4.23 Å². The first kappa shape index (κ1) is 49.3. The summed E-state index contributed by atoms with van der Waals surface area (Å²) in [6, 6.07) is 14.7. The zero-order valence-corrected chi connectivity index (χ0v) is 36.9. The first-order valence-corrected chi connectivity index (χ1v) is 24.2. The van der Waals surface area contributed by atoms with Crippen molar-refractivity contribution in [2.24, 2.45) is 0 Å². The van der Waals surface area contributed by atoms with Gasteiger partial charge >= 0.3 is 25.7 Å². The van der Waals surface area contributed by atoms with Gasteiger partial charge in [-0.2, -0.15) is 18.3 Å². The molecule has 0 saturated carbocycles. The molecule has 5 aromatic rings. The van der Waals surface area contributed by atoms with Crippen molar-refractivity contribution >= 4 is 71.1 Å². The van der Waals surface area contributed by atoms with Crippen LogP contribution < -0.4 is 14.1 Å². The molecule has 0 aliphatic carbocycles. The van der Waals surface area contributed by atoms with Crippen molar-refractivity contribution in [3.8, 4) is 39.9 Å². The predicted molar refractivity (Wildman–Crippen MR) is 221 cm³/mol. The molecule has 0 amide bonds. The number of anilines is 1. The summed E-state index contributed by atoms with van der Waals surface area (Å²) in [5, 5.41) is 15.3. The van der Waals surface area contributed by atoms with Crippen LogP contribution in [-0.2, 0) is 49.5 Å². The number of alkyl halides is 3. The number of hydrogen-bond acceptors (Lipinski definition) is 13.